The topological polar surface area (TPSA) is 97.5 Å². The van der Waals surface area contributed by atoms with E-state index < -0.39 is 0 Å². The zero-order valence-corrected chi connectivity index (χ0v) is 19.6. The highest BCUT2D eigenvalue weighted by Gasteiger charge is 2.31. The first-order chi connectivity index (χ1) is 14.2. The molecule has 0 atom stereocenters. The first kappa shape index (κ1) is 22.9. The molecule has 1 aliphatic heterocycles. The van der Waals surface area contributed by atoms with Crippen LogP contribution in [-0.4, -0.2) is 38.3 Å². The van der Waals surface area contributed by atoms with Gasteiger partial charge in [-0.15, -0.1) is 0 Å². The standard InChI is InChI=1S/C25H33N3O3/c1-14-17(13-29)8-16-11-28(23(26)21(16)27-14)12-20(30)15-9-18(24(2,3)4)22(31)19(10-15)25(5,6)7/h8-10,26,29,31H,11-13H2,1-7H3. The molecule has 0 saturated heterocycles. The largest absolute Gasteiger partial charge is 0.507 e. The Bertz CT molecular complexity index is 1020. The summed E-state index contributed by atoms with van der Waals surface area (Å²) in [6.07, 6.45) is 0. The Labute approximate surface area is 184 Å². The molecule has 166 valence electrons. The fraction of sp³-hybridized carbons (Fsp3) is 0.480. The number of benzene rings is 1. The lowest BCUT2D eigenvalue weighted by atomic mass is 9.78. The Morgan fingerprint density at radius 1 is 1.10 bits per heavy atom. The van der Waals surface area contributed by atoms with Crippen LogP contribution in [0.2, 0.25) is 0 Å². The molecule has 1 aromatic carbocycles. The number of hydrogen-bond donors (Lipinski definition) is 3. The number of nitrogens with one attached hydrogen (secondary N) is 1. The second kappa shape index (κ2) is 7.75. The third-order valence-corrected chi connectivity index (χ3v) is 5.85. The van der Waals surface area contributed by atoms with E-state index in [0.29, 0.717) is 23.5 Å². The average molecular weight is 424 g/mol. The number of hydrogen-bond acceptors (Lipinski definition) is 5. The number of phenolic OH excluding ortho intramolecular Hbond substituents is 1. The number of amidine groups is 1. The number of fused-ring (bicyclic) bond motifs is 1. The van der Waals surface area contributed by atoms with Crippen LogP contribution in [-0.2, 0) is 24.0 Å². The summed E-state index contributed by atoms with van der Waals surface area (Å²) in [6.45, 7) is 14.3. The molecule has 1 aromatic heterocycles. The smallest absolute Gasteiger partial charge is 0.182 e. The van der Waals surface area contributed by atoms with Crippen molar-refractivity contribution in [3.8, 4) is 5.75 Å². The summed E-state index contributed by atoms with van der Waals surface area (Å²) in [5.74, 6) is 0.364. The second-order valence-corrected chi connectivity index (χ2v) is 10.4. The van der Waals surface area contributed by atoms with Gasteiger partial charge in [0.05, 0.1) is 13.2 Å². The van der Waals surface area contributed by atoms with Gasteiger partial charge in [0.2, 0.25) is 0 Å². The van der Waals surface area contributed by atoms with Gasteiger partial charge < -0.3 is 15.1 Å². The first-order valence-electron chi connectivity index (χ1n) is 10.6. The third kappa shape index (κ3) is 4.35. The van der Waals surface area contributed by atoms with Gasteiger partial charge in [-0.2, -0.15) is 0 Å². The fourth-order valence-corrected chi connectivity index (χ4v) is 3.95. The summed E-state index contributed by atoms with van der Waals surface area (Å²) in [5, 5.41) is 28.9. The van der Waals surface area contributed by atoms with Crippen molar-refractivity contribution in [3.63, 3.8) is 0 Å². The maximum absolute atomic E-state index is 13.3. The van der Waals surface area contributed by atoms with Gasteiger partial charge in [-0.25, -0.2) is 4.98 Å². The van der Waals surface area contributed by atoms with Gasteiger partial charge in [-0.1, -0.05) is 41.5 Å². The van der Waals surface area contributed by atoms with E-state index in [1.807, 2.05) is 54.5 Å². The van der Waals surface area contributed by atoms with E-state index in [-0.39, 0.29) is 41.3 Å². The Morgan fingerprint density at radius 3 is 2.13 bits per heavy atom. The van der Waals surface area contributed by atoms with Gasteiger partial charge in [0, 0.05) is 34.5 Å². The number of rotatable bonds is 4. The van der Waals surface area contributed by atoms with E-state index in [4.69, 9.17) is 5.41 Å². The number of Topliss-reactive ketones (excluding diaryl/α,β-unsaturated/α-hetero) is 1. The molecule has 6 nitrogen and oxygen atoms in total. The van der Waals surface area contributed by atoms with Crippen molar-refractivity contribution in [3.05, 3.63) is 57.4 Å². The average Bonchev–Trinajstić information content (AvgIpc) is 2.94. The minimum atomic E-state index is -0.320. The van der Waals surface area contributed by atoms with Crippen LogP contribution in [0.4, 0.5) is 0 Å². The molecule has 0 amide bonds. The van der Waals surface area contributed by atoms with Crippen LogP contribution in [0.15, 0.2) is 18.2 Å². The molecule has 0 spiro atoms. The number of carbonyl (C=O) groups excluding carboxylic acids is 1. The molecule has 0 unspecified atom stereocenters. The molecule has 0 saturated carbocycles. The predicted octanol–water partition coefficient (Wildman–Crippen LogP) is 4.21. The van der Waals surface area contributed by atoms with Crippen LogP contribution in [0.25, 0.3) is 0 Å². The highest BCUT2D eigenvalue weighted by molar-refractivity contribution is 6.04. The van der Waals surface area contributed by atoms with Gasteiger partial charge in [-0.05, 0) is 41.5 Å². The summed E-state index contributed by atoms with van der Waals surface area (Å²) in [7, 11) is 0. The minimum absolute atomic E-state index is 0.0562. The summed E-state index contributed by atoms with van der Waals surface area (Å²) in [4.78, 5) is 19.5. The van der Waals surface area contributed by atoms with Crippen LogP contribution in [0, 0.1) is 12.3 Å². The van der Waals surface area contributed by atoms with E-state index in [0.717, 1.165) is 22.3 Å². The minimum Gasteiger partial charge on any atom is -0.507 e. The van der Waals surface area contributed by atoms with E-state index in [1.165, 1.54) is 0 Å². The van der Waals surface area contributed by atoms with Crippen molar-refractivity contribution in [1.29, 1.82) is 5.41 Å². The normalized spacial score (nSPS) is 14.2. The molecule has 3 N–H and O–H groups in total. The number of aromatic hydroxyl groups is 1. The molecule has 0 bridgehead atoms. The monoisotopic (exact) mass is 423 g/mol. The zero-order chi connectivity index (χ0) is 23.3. The number of ketones is 1. The van der Waals surface area contributed by atoms with Crippen LogP contribution >= 0.6 is 0 Å². The van der Waals surface area contributed by atoms with E-state index in [9.17, 15) is 15.0 Å². The number of carbonyl (C=O) groups is 1. The molecule has 1 aliphatic rings. The third-order valence-electron chi connectivity index (χ3n) is 5.85. The fourth-order valence-electron chi connectivity index (χ4n) is 3.95. The molecular formula is C25H33N3O3. The molecule has 0 aliphatic carbocycles. The van der Waals surface area contributed by atoms with Crippen molar-refractivity contribution < 1.29 is 15.0 Å². The van der Waals surface area contributed by atoms with Crippen LogP contribution in [0.5, 0.6) is 5.75 Å². The molecule has 0 fully saturated rings. The zero-order valence-electron chi connectivity index (χ0n) is 19.6. The lowest BCUT2D eigenvalue weighted by Gasteiger charge is -2.28. The molecule has 31 heavy (non-hydrogen) atoms. The number of aryl methyl sites for hydroxylation is 1. The maximum atomic E-state index is 13.3. The summed E-state index contributed by atoms with van der Waals surface area (Å²) >= 11 is 0. The number of aliphatic hydroxyl groups excluding tert-OH is 1. The lowest BCUT2D eigenvalue weighted by molar-refractivity contribution is 0.0962. The Kier molecular flexibility index (Phi) is 5.74. The van der Waals surface area contributed by atoms with Gasteiger partial charge in [0.1, 0.15) is 17.3 Å². The lowest BCUT2D eigenvalue weighted by Crippen LogP contribution is -2.31. The van der Waals surface area contributed by atoms with Crippen molar-refractivity contribution >= 4 is 11.6 Å². The number of pyridine rings is 1. The number of phenols is 1. The molecule has 2 aromatic rings. The highest BCUT2D eigenvalue weighted by atomic mass is 16.3. The number of nitrogens with zero attached hydrogens (tertiary/aromatic N) is 2. The summed E-state index contributed by atoms with van der Waals surface area (Å²) in [5.41, 5.74) is 4.24. The van der Waals surface area contributed by atoms with E-state index >= 15 is 0 Å². The van der Waals surface area contributed by atoms with Crippen molar-refractivity contribution in [2.24, 2.45) is 0 Å². The van der Waals surface area contributed by atoms with Gasteiger partial charge in [0.15, 0.2) is 5.78 Å². The number of aliphatic hydroxyl groups is 1. The van der Waals surface area contributed by atoms with Crippen molar-refractivity contribution in [2.75, 3.05) is 6.54 Å². The second-order valence-electron chi connectivity index (χ2n) is 10.4. The van der Waals surface area contributed by atoms with Crippen LogP contribution in [0.1, 0.15) is 85.5 Å². The molecule has 0 radical (unpaired) electrons. The Morgan fingerprint density at radius 2 is 1.65 bits per heavy atom. The van der Waals surface area contributed by atoms with Gasteiger partial charge in [0.25, 0.3) is 0 Å². The molecule has 3 rings (SSSR count). The SMILES string of the molecule is Cc1nc2c(cc1CO)CN(CC(=O)c1cc(C(C)(C)C)c(O)c(C(C)(C)C)c1)C2=N. The van der Waals surface area contributed by atoms with Gasteiger partial charge >= 0.3 is 0 Å². The number of aromatic nitrogens is 1. The highest BCUT2D eigenvalue weighted by Crippen LogP contribution is 2.40. The Balaban J connectivity index is 1.94. The molecular weight excluding hydrogens is 390 g/mol. The maximum Gasteiger partial charge on any atom is 0.182 e. The first-order valence-corrected chi connectivity index (χ1v) is 10.6. The van der Waals surface area contributed by atoms with E-state index in [1.54, 1.807) is 17.0 Å². The quantitative estimate of drug-likeness (QED) is 0.640. The summed E-state index contributed by atoms with van der Waals surface area (Å²) in [6, 6.07) is 5.44. The van der Waals surface area contributed by atoms with E-state index in [2.05, 4.69) is 4.98 Å². The van der Waals surface area contributed by atoms with Gasteiger partial charge in [-0.3, -0.25) is 10.2 Å². The summed E-state index contributed by atoms with van der Waals surface area (Å²) < 4.78 is 0. The van der Waals surface area contributed by atoms with Crippen molar-refractivity contribution in [2.45, 2.75) is 72.4 Å². The predicted molar refractivity (Wildman–Crippen MR) is 122 cm³/mol. The molecule has 2 heterocycles. The van der Waals surface area contributed by atoms with Crippen LogP contribution < -0.4 is 0 Å². The van der Waals surface area contributed by atoms with Crippen molar-refractivity contribution in [1.82, 2.24) is 9.88 Å². The van der Waals surface area contributed by atoms with Crippen LogP contribution in [0.3, 0.4) is 0 Å². The Hall–Kier alpha value is -2.73. The molecule has 6 heteroatoms.